The number of hydrogen-bond donors (Lipinski definition) is 3. The number of aliphatic hydroxyl groups is 3. The molecule has 0 bridgehead atoms. The normalized spacial score (nSPS) is 12.8. The van der Waals surface area contributed by atoms with Crippen LogP contribution in [0.3, 0.4) is 0 Å². The van der Waals surface area contributed by atoms with E-state index in [1.54, 1.807) is 9.80 Å². The van der Waals surface area contributed by atoms with E-state index in [2.05, 4.69) is 0 Å². The third-order valence-electron chi connectivity index (χ3n) is 8.42. The molecule has 3 N–H and O–H groups in total. The molecule has 7 heteroatoms. The number of amides is 2. The van der Waals surface area contributed by atoms with Gasteiger partial charge in [-0.25, -0.2) is 0 Å². The molecule has 0 radical (unpaired) electrons. The summed E-state index contributed by atoms with van der Waals surface area (Å²) in [7, 11) is 0. The van der Waals surface area contributed by atoms with Gasteiger partial charge < -0.3 is 25.1 Å². The number of β-amino-alcohol motifs (C(OH)–C–C–N with tert-alkyl or cyclic N) is 2. The Labute approximate surface area is 267 Å². The van der Waals surface area contributed by atoms with E-state index in [-0.39, 0.29) is 44.5 Å². The van der Waals surface area contributed by atoms with Crippen LogP contribution in [0.4, 0.5) is 0 Å². The third kappa shape index (κ3) is 7.72. The van der Waals surface area contributed by atoms with Gasteiger partial charge in [0.1, 0.15) is 0 Å². The molecular formula is C38H48N2O5. The maximum Gasteiger partial charge on any atom is 0.255 e. The minimum absolute atomic E-state index is 0.139. The number of nitrogens with zero attached hydrogens (tertiary/aromatic N) is 2. The summed E-state index contributed by atoms with van der Waals surface area (Å²) in [5.74, 6) is -0.324. The van der Waals surface area contributed by atoms with Crippen molar-refractivity contribution in [1.82, 2.24) is 9.80 Å². The number of aliphatic hydroxyl groups excluding tert-OH is 3. The fourth-order valence-corrected chi connectivity index (χ4v) is 6.15. The lowest BCUT2D eigenvalue weighted by atomic mass is 9.90. The number of rotatable bonds is 11. The predicted molar refractivity (Wildman–Crippen MR) is 182 cm³/mol. The topological polar surface area (TPSA) is 101 Å². The molecule has 4 aromatic carbocycles. The van der Waals surface area contributed by atoms with Crippen molar-refractivity contribution in [2.24, 2.45) is 0 Å². The average molecular weight is 613 g/mol. The molecular weight excluding hydrogens is 564 g/mol. The van der Waals surface area contributed by atoms with Gasteiger partial charge in [0, 0.05) is 24.2 Å². The Bertz CT molecular complexity index is 1650. The highest BCUT2D eigenvalue weighted by Gasteiger charge is 2.31. The average Bonchev–Trinajstić information content (AvgIpc) is 2.99. The Morgan fingerprint density at radius 2 is 1.07 bits per heavy atom. The van der Waals surface area contributed by atoms with E-state index in [1.165, 1.54) is 0 Å². The van der Waals surface area contributed by atoms with Gasteiger partial charge in [-0.1, -0.05) is 72.8 Å². The van der Waals surface area contributed by atoms with E-state index < -0.39 is 17.2 Å². The second-order valence-electron chi connectivity index (χ2n) is 13.7. The second kappa shape index (κ2) is 14.1. The van der Waals surface area contributed by atoms with E-state index in [4.69, 9.17) is 0 Å². The molecule has 240 valence electrons. The molecule has 45 heavy (non-hydrogen) atoms. The molecule has 0 aromatic heterocycles. The lowest BCUT2D eigenvalue weighted by molar-refractivity contribution is 0.0519. The van der Waals surface area contributed by atoms with Crippen molar-refractivity contribution in [3.05, 3.63) is 95.1 Å². The highest BCUT2D eigenvalue weighted by molar-refractivity contribution is 6.09. The summed E-state index contributed by atoms with van der Waals surface area (Å²) in [5, 5.41) is 34.5. The second-order valence-corrected chi connectivity index (χ2v) is 13.7. The molecule has 0 aliphatic carbocycles. The van der Waals surface area contributed by atoms with Crippen LogP contribution < -0.4 is 0 Å². The summed E-state index contributed by atoms with van der Waals surface area (Å²) in [6, 6.07) is 23.4. The summed E-state index contributed by atoms with van der Waals surface area (Å²) in [6.45, 7) is 11.8. The van der Waals surface area contributed by atoms with Crippen LogP contribution >= 0.6 is 0 Å². The van der Waals surface area contributed by atoms with Crippen LogP contribution in [0.2, 0.25) is 0 Å². The van der Waals surface area contributed by atoms with Crippen LogP contribution in [0, 0.1) is 0 Å². The summed E-state index contributed by atoms with van der Waals surface area (Å²) >= 11 is 0. The van der Waals surface area contributed by atoms with Crippen LogP contribution in [-0.4, -0.2) is 80.4 Å². The zero-order valence-electron chi connectivity index (χ0n) is 27.5. The number of aryl methyl sites for hydroxylation is 1. The van der Waals surface area contributed by atoms with E-state index in [0.717, 1.165) is 32.7 Å². The molecule has 0 aliphatic rings. The Kier molecular flexibility index (Phi) is 10.7. The van der Waals surface area contributed by atoms with Gasteiger partial charge in [-0.3, -0.25) is 9.59 Å². The van der Waals surface area contributed by atoms with Gasteiger partial charge in [-0.15, -0.1) is 0 Å². The van der Waals surface area contributed by atoms with Gasteiger partial charge in [-0.05, 0) is 93.5 Å². The zero-order valence-corrected chi connectivity index (χ0v) is 27.5. The predicted octanol–water partition coefficient (Wildman–Crippen LogP) is 6.00. The number of carbonyl (C=O) groups is 2. The molecule has 4 rings (SSSR count). The van der Waals surface area contributed by atoms with E-state index in [9.17, 15) is 24.9 Å². The molecule has 1 unspecified atom stereocenters. The Hall–Kier alpha value is -3.78. The smallest absolute Gasteiger partial charge is 0.255 e. The fourth-order valence-electron chi connectivity index (χ4n) is 6.15. The highest BCUT2D eigenvalue weighted by Crippen LogP contribution is 2.30. The minimum Gasteiger partial charge on any atom is -0.395 e. The van der Waals surface area contributed by atoms with Crippen LogP contribution in [0.5, 0.6) is 0 Å². The van der Waals surface area contributed by atoms with Gasteiger partial charge in [0.2, 0.25) is 0 Å². The molecule has 0 heterocycles. The first-order chi connectivity index (χ1) is 21.3. The molecule has 0 fully saturated rings. The SMILES string of the molecule is CC(C)(C)N(CCO)C(=O)c1c(CCC(O)Cc2ccc3ccccc3c2C(=O)N(CCO)C(C)(C)C)ccc2ccccc12. The van der Waals surface area contributed by atoms with Crippen molar-refractivity contribution in [2.45, 2.75) is 78.0 Å². The van der Waals surface area contributed by atoms with Gasteiger partial charge in [0.25, 0.3) is 11.8 Å². The van der Waals surface area contributed by atoms with Crippen molar-refractivity contribution < 1.29 is 24.9 Å². The van der Waals surface area contributed by atoms with Gasteiger partial charge in [0.15, 0.2) is 0 Å². The molecule has 4 aromatic rings. The number of benzene rings is 4. The standard InChI is InChI=1S/C38H48N2O5/c1-37(2,3)39(21-23-41)35(44)33-28(17-15-26-11-7-9-13-31(26)33)19-20-30(43)25-29-18-16-27-12-8-10-14-32(27)34(29)36(45)40(22-24-42)38(4,5)6/h7-18,30,41-43H,19-25H2,1-6H3. The maximum absolute atomic E-state index is 14.1. The third-order valence-corrected chi connectivity index (χ3v) is 8.42. The van der Waals surface area contributed by atoms with Crippen LogP contribution in [-0.2, 0) is 12.8 Å². The fraction of sp³-hybridized carbons (Fsp3) is 0.421. The summed E-state index contributed by atoms with van der Waals surface area (Å²) < 4.78 is 0. The molecule has 7 nitrogen and oxygen atoms in total. The molecule has 0 saturated heterocycles. The van der Waals surface area contributed by atoms with E-state index in [1.807, 2.05) is 114 Å². The van der Waals surface area contributed by atoms with Crippen LogP contribution in [0.1, 0.15) is 79.8 Å². The Balaban J connectivity index is 1.68. The number of hydrogen-bond acceptors (Lipinski definition) is 5. The van der Waals surface area contributed by atoms with Crippen molar-refractivity contribution in [3.63, 3.8) is 0 Å². The monoisotopic (exact) mass is 612 g/mol. The Morgan fingerprint density at radius 3 is 1.51 bits per heavy atom. The number of fused-ring (bicyclic) bond motifs is 2. The first kappa shape index (κ1) is 34.1. The first-order valence-corrected chi connectivity index (χ1v) is 15.8. The van der Waals surface area contributed by atoms with Crippen molar-refractivity contribution in [2.75, 3.05) is 26.3 Å². The minimum atomic E-state index is -0.774. The molecule has 0 saturated carbocycles. The van der Waals surface area contributed by atoms with Crippen LogP contribution in [0.15, 0.2) is 72.8 Å². The Morgan fingerprint density at radius 1 is 0.644 bits per heavy atom. The van der Waals surface area contributed by atoms with Gasteiger partial charge >= 0.3 is 0 Å². The lowest BCUT2D eigenvalue weighted by Gasteiger charge is -2.36. The maximum atomic E-state index is 14.1. The van der Waals surface area contributed by atoms with Crippen molar-refractivity contribution in [3.8, 4) is 0 Å². The summed E-state index contributed by atoms with van der Waals surface area (Å²) in [4.78, 5) is 31.6. The highest BCUT2D eigenvalue weighted by atomic mass is 16.3. The number of carbonyl (C=O) groups excluding carboxylic acids is 2. The van der Waals surface area contributed by atoms with Gasteiger partial charge in [0.05, 0.1) is 30.4 Å². The molecule has 0 spiro atoms. The molecule has 2 amide bonds. The first-order valence-electron chi connectivity index (χ1n) is 15.8. The van der Waals surface area contributed by atoms with E-state index in [0.29, 0.717) is 24.0 Å². The summed E-state index contributed by atoms with van der Waals surface area (Å²) in [6.07, 6.45) is 0.330. The zero-order chi connectivity index (χ0) is 32.9. The largest absolute Gasteiger partial charge is 0.395 e. The summed E-state index contributed by atoms with van der Waals surface area (Å²) in [5.41, 5.74) is 1.71. The van der Waals surface area contributed by atoms with Crippen molar-refractivity contribution in [1.29, 1.82) is 0 Å². The van der Waals surface area contributed by atoms with Gasteiger partial charge in [-0.2, -0.15) is 0 Å². The molecule has 1 atom stereocenters. The van der Waals surface area contributed by atoms with Crippen molar-refractivity contribution >= 4 is 33.4 Å². The molecule has 0 aliphatic heterocycles. The quantitative estimate of drug-likeness (QED) is 0.193. The lowest BCUT2D eigenvalue weighted by Crippen LogP contribution is -2.47. The van der Waals surface area contributed by atoms with E-state index >= 15 is 0 Å². The van der Waals surface area contributed by atoms with Crippen LogP contribution in [0.25, 0.3) is 21.5 Å².